The van der Waals surface area contributed by atoms with Crippen LogP contribution in [0.1, 0.15) is 18.0 Å². The lowest BCUT2D eigenvalue weighted by atomic mass is 10.0. The predicted octanol–water partition coefficient (Wildman–Crippen LogP) is 3.21. The minimum Gasteiger partial charge on any atom is -0.314 e. The predicted molar refractivity (Wildman–Crippen MR) is 88.4 cm³/mol. The fourth-order valence-corrected chi connectivity index (χ4v) is 2.64. The zero-order valence-corrected chi connectivity index (χ0v) is 13.9. The molecule has 0 amide bonds. The maximum atomic E-state index is 4.26. The largest absolute Gasteiger partial charge is 0.314 e. The van der Waals surface area contributed by atoms with Crippen LogP contribution in [-0.2, 0) is 0 Å². The number of hydrogen-bond donors (Lipinski definition) is 1. The lowest BCUT2D eigenvalue weighted by Gasteiger charge is -2.34. The van der Waals surface area contributed by atoms with Crippen LogP contribution in [0.5, 0.6) is 0 Å². The van der Waals surface area contributed by atoms with Gasteiger partial charge in [-0.1, -0.05) is 6.08 Å². The van der Waals surface area contributed by atoms with Gasteiger partial charge in [-0.25, -0.2) is 0 Å². The Morgan fingerprint density at radius 1 is 1.37 bits per heavy atom. The summed E-state index contributed by atoms with van der Waals surface area (Å²) in [6, 6.07) is 2.56. The first kappa shape index (κ1) is 18.9. The van der Waals surface area contributed by atoms with E-state index >= 15 is 0 Å². The minimum absolute atomic E-state index is 0. The van der Waals surface area contributed by atoms with E-state index in [1.165, 1.54) is 5.56 Å². The molecule has 1 aromatic heterocycles. The molecule has 1 aromatic rings. The summed E-state index contributed by atoms with van der Waals surface area (Å²) in [4.78, 5) is 6.76. The molecule has 1 atom stereocenters. The first-order valence-corrected chi connectivity index (χ1v) is 6.76. The molecule has 1 aliphatic rings. The van der Waals surface area contributed by atoms with E-state index < -0.39 is 0 Å². The molecule has 3 nitrogen and oxygen atoms in total. The van der Waals surface area contributed by atoms with E-state index in [2.05, 4.69) is 43.8 Å². The Hall–Kier alpha value is -0.130. The molecule has 0 unspecified atom stereocenters. The van der Waals surface area contributed by atoms with Crippen LogP contribution in [-0.4, -0.2) is 36.1 Å². The van der Waals surface area contributed by atoms with E-state index in [4.69, 9.17) is 0 Å². The topological polar surface area (TPSA) is 28.2 Å². The normalized spacial score (nSPS) is 16.9. The lowest BCUT2D eigenvalue weighted by Crippen LogP contribution is -2.45. The van der Waals surface area contributed by atoms with Crippen LogP contribution >= 0.6 is 40.7 Å². The molecule has 0 radical (unpaired) electrons. The monoisotopic (exact) mass is 367 g/mol. The van der Waals surface area contributed by atoms with Gasteiger partial charge in [0.1, 0.15) is 0 Å². The van der Waals surface area contributed by atoms with Gasteiger partial charge in [-0.05, 0) is 34.0 Å². The van der Waals surface area contributed by atoms with Crippen molar-refractivity contribution in [1.29, 1.82) is 0 Å². The third-order valence-electron chi connectivity index (χ3n) is 3.09. The smallest absolute Gasteiger partial charge is 0.0410 e. The Labute approximate surface area is 135 Å². The van der Waals surface area contributed by atoms with E-state index in [1.807, 2.05) is 18.5 Å². The van der Waals surface area contributed by atoms with Crippen LogP contribution < -0.4 is 5.32 Å². The molecule has 0 aromatic carbocycles. The number of piperazine rings is 1. The number of halogens is 3. The van der Waals surface area contributed by atoms with Crippen LogP contribution in [0.4, 0.5) is 0 Å². The van der Waals surface area contributed by atoms with Crippen molar-refractivity contribution in [3.05, 3.63) is 41.2 Å². The Bertz CT molecular complexity index is 384. The molecule has 1 N–H and O–H groups in total. The van der Waals surface area contributed by atoms with E-state index in [9.17, 15) is 0 Å². The summed E-state index contributed by atoms with van der Waals surface area (Å²) >= 11 is 3.49. The van der Waals surface area contributed by atoms with Crippen molar-refractivity contribution in [2.75, 3.05) is 26.2 Å². The molecule has 108 valence electrons. The summed E-state index contributed by atoms with van der Waals surface area (Å²) < 4.78 is 1.04. The molecular formula is C13H20BrCl2N3. The lowest BCUT2D eigenvalue weighted by molar-refractivity contribution is 0.174. The second-order valence-electron chi connectivity index (χ2n) is 4.26. The summed E-state index contributed by atoms with van der Waals surface area (Å²) in [6.07, 6.45) is 6.75. The van der Waals surface area contributed by atoms with Crippen LogP contribution in [0.2, 0.25) is 0 Å². The van der Waals surface area contributed by atoms with Gasteiger partial charge in [0.25, 0.3) is 0 Å². The molecule has 0 saturated carbocycles. The zero-order chi connectivity index (χ0) is 12.1. The number of aromatic nitrogens is 1. The van der Waals surface area contributed by atoms with Crippen molar-refractivity contribution < 1.29 is 0 Å². The van der Waals surface area contributed by atoms with Crippen LogP contribution in [0, 0.1) is 0 Å². The Kier molecular flexibility index (Phi) is 9.66. The SMILES string of the molecule is C=CC[C@@H](c1cncc(Br)c1)N1CCNCC1.Cl.Cl. The summed E-state index contributed by atoms with van der Waals surface area (Å²) in [5.41, 5.74) is 1.26. The number of pyridine rings is 1. The summed E-state index contributed by atoms with van der Waals surface area (Å²) in [5, 5.41) is 3.38. The Balaban J connectivity index is 0.00000162. The second-order valence-corrected chi connectivity index (χ2v) is 5.18. The fourth-order valence-electron chi connectivity index (χ4n) is 2.26. The van der Waals surface area contributed by atoms with Crippen molar-refractivity contribution in [2.45, 2.75) is 12.5 Å². The number of hydrogen-bond acceptors (Lipinski definition) is 3. The standard InChI is InChI=1S/C13H18BrN3.2ClH/c1-2-3-13(17-6-4-15-5-7-17)11-8-12(14)10-16-9-11;;/h2,8-10,13,15H,1,3-7H2;2*1H/t13-;;/m0../s1. The second kappa shape index (κ2) is 9.72. The van der Waals surface area contributed by atoms with Gasteiger partial charge in [0.2, 0.25) is 0 Å². The van der Waals surface area contributed by atoms with Crippen molar-refractivity contribution >= 4 is 40.7 Å². The molecule has 1 fully saturated rings. The highest BCUT2D eigenvalue weighted by molar-refractivity contribution is 9.10. The molecule has 1 aliphatic heterocycles. The summed E-state index contributed by atoms with van der Waals surface area (Å²) in [5.74, 6) is 0. The molecule has 1 saturated heterocycles. The van der Waals surface area contributed by atoms with Crippen LogP contribution in [0.25, 0.3) is 0 Å². The van der Waals surface area contributed by atoms with Gasteiger partial charge in [-0.15, -0.1) is 31.4 Å². The number of nitrogens with one attached hydrogen (secondary N) is 1. The third kappa shape index (κ3) is 5.40. The van der Waals surface area contributed by atoms with E-state index in [0.717, 1.165) is 37.1 Å². The maximum absolute atomic E-state index is 4.26. The minimum atomic E-state index is 0. The van der Waals surface area contributed by atoms with Gasteiger partial charge in [0, 0.05) is 49.1 Å². The van der Waals surface area contributed by atoms with Gasteiger partial charge in [-0.2, -0.15) is 0 Å². The van der Waals surface area contributed by atoms with Gasteiger partial charge < -0.3 is 5.32 Å². The molecular weight excluding hydrogens is 349 g/mol. The van der Waals surface area contributed by atoms with Gasteiger partial charge in [0.15, 0.2) is 0 Å². The van der Waals surface area contributed by atoms with Crippen molar-refractivity contribution in [2.24, 2.45) is 0 Å². The van der Waals surface area contributed by atoms with Gasteiger partial charge in [0.05, 0.1) is 0 Å². The molecule has 2 rings (SSSR count). The third-order valence-corrected chi connectivity index (χ3v) is 3.53. The van der Waals surface area contributed by atoms with E-state index in [-0.39, 0.29) is 24.8 Å². The van der Waals surface area contributed by atoms with E-state index in [1.54, 1.807) is 0 Å². The molecule has 0 aliphatic carbocycles. The first-order valence-electron chi connectivity index (χ1n) is 5.97. The molecule has 2 heterocycles. The first-order chi connectivity index (χ1) is 8.31. The Morgan fingerprint density at radius 2 is 2.05 bits per heavy atom. The highest BCUT2D eigenvalue weighted by Crippen LogP contribution is 2.26. The van der Waals surface area contributed by atoms with Gasteiger partial charge in [-0.3, -0.25) is 9.88 Å². The van der Waals surface area contributed by atoms with Gasteiger partial charge >= 0.3 is 0 Å². The molecule has 0 bridgehead atoms. The fraction of sp³-hybridized carbons (Fsp3) is 0.462. The average molecular weight is 369 g/mol. The number of rotatable bonds is 4. The maximum Gasteiger partial charge on any atom is 0.0410 e. The Morgan fingerprint density at radius 3 is 2.63 bits per heavy atom. The van der Waals surface area contributed by atoms with Crippen LogP contribution in [0.3, 0.4) is 0 Å². The molecule has 0 spiro atoms. The average Bonchev–Trinajstić information content (AvgIpc) is 2.37. The van der Waals surface area contributed by atoms with E-state index in [0.29, 0.717) is 6.04 Å². The quantitative estimate of drug-likeness (QED) is 0.827. The molecule has 6 heteroatoms. The van der Waals surface area contributed by atoms with Crippen LogP contribution in [0.15, 0.2) is 35.6 Å². The zero-order valence-electron chi connectivity index (χ0n) is 10.7. The van der Waals surface area contributed by atoms with Crippen molar-refractivity contribution in [3.63, 3.8) is 0 Å². The summed E-state index contributed by atoms with van der Waals surface area (Å²) in [6.45, 7) is 8.17. The number of nitrogens with zero attached hydrogens (tertiary/aromatic N) is 2. The highest BCUT2D eigenvalue weighted by atomic mass is 79.9. The summed E-state index contributed by atoms with van der Waals surface area (Å²) in [7, 11) is 0. The van der Waals surface area contributed by atoms with Crippen molar-refractivity contribution in [3.8, 4) is 0 Å². The highest BCUT2D eigenvalue weighted by Gasteiger charge is 2.21. The molecule has 19 heavy (non-hydrogen) atoms. The van der Waals surface area contributed by atoms with Crippen molar-refractivity contribution in [1.82, 2.24) is 15.2 Å².